The van der Waals surface area contributed by atoms with Gasteiger partial charge in [-0.05, 0) is 49.9 Å². The summed E-state index contributed by atoms with van der Waals surface area (Å²) in [5, 5.41) is 6.58. The molecule has 1 saturated carbocycles. The van der Waals surface area contributed by atoms with Crippen LogP contribution in [-0.4, -0.2) is 17.6 Å². The molecule has 2 aromatic rings. The summed E-state index contributed by atoms with van der Waals surface area (Å²) < 4.78 is 13.5. The van der Waals surface area contributed by atoms with E-state index in [4.69, 9.17) is 17.3 Å². The van der Waals surface area contributed by atoms with E-state index in [0.29, 0.717) is 12.1 Å². The van der Waals surface area contributed by atoms with Crippen LogP contribution in [0.5, 0.6) is 0 Å². The van der Waals surface area contributed by atoms with Crippen LogP contribution in [0.2, 0.25) is 5.02 Å². The van der Waals surface area contributed by atoms with E-state index in [9.17, 15) is 9.18 Å². The van der Waals surface area contributed by atoms with Gasteiger partial charge >= 0.3 is 0 Å². The lowest BCUT2D eigenvalue weighted by atomic mass is 9.84. The Morgan fingerprint density at radius 1 is 1.30 bits per heavy atom. The summed E-state index contributed by atoms with van der Waals surface area (Å²) in [6.07, 6.45) is 3.14. The van der Waals surface area contributed by atoms with Crippen molar-refractivity contribution >= 4 is 23.2 Å². The molecule has 3 rings (SSSR count). The third-order valence-corrected chi connectivity index (χ3v) is 5.44. The zero-order valence-corrected chi connectivity index (χ0v) is 16.1. The quantitative estimate of drug-likeness (QED) is 0.663. The first-order valence-electron chi connectivity index (χ1n) is 9.24. The van der Waals surface area contributed by atoms with Gasteiger partial charge in [0.25, 0.3) is 0 Å². The summed E-state index contributed by atoms with van der Waals surface area (Å²) in [6, 6.07) is 14.1. The number of carbonyl (C=O) groups is 1. The molecule has 0 bridgehead atoms. The highest BCUT2D eigenvalue weighted by Crippen LogP contribution is 2.31. The molecule has 1 aliphatic carbocycles. The van der Waals surface area contributed by atoms with Gasteiger partial charge in [-0.25, -0.2) is 4.39 Å². The van der Waals surface area contributed by atoms with E-state index < -0.39 is 11.5 Å². The highest BCUT2D eigenvalue weighted by molar-refractivity contribution is 6.31. The second-order valence-electron chi connectivity index (χ2n) is 7.31. The van der Waals surface area contributed by atoms with Gasteiger partial charge in [0, 0.05) is 18.2 Å². The molecule has 27 heavy (non-hydrogen) atoms. The van der Waals surface area contributed by atoms with Crippen LogP contribution >= 0.6 is 11.6 Å². The minimum absolute atomic E-state index is 0.0190. The lowest BCUT2D eigenvalue weighted by Gasteiger charge is -2.42. The Labute approximate surface area is 164 Å². The highest BCUT2D eigenvalue weighted by Gasteiger charge is 2.37. The molecule has 1 aliphatic rings. The van der Waals surface area contributed by atoms with Crippen molar-refractivity contribution in [2.75, 3.05) is 5.32 Å². The third kappa shape index (κ3) is 4.79. The SMILES string of the molecule is CC(C(=O)NC1(Nc2ccc(F)c(Cl)c2)CCCC(N)C1)c1ccccc1. The van der Waals surface area contributed by atoms with Gasteiger partial charge in [-0.2, -0.15) is 0 Å². The van der Waals surface area contributed by atoms with Crippen LogP contribution < -0.4 is 16.4 Å². The van der Waals surface area contributed by atoms with E-state index in [2.05, 4.69) is 10.6 Å². The van der Waals surface area contributed by atoms with Crippen molar-refractivity contribution in [3.63, 3.8) is 0 Å². The predicted molar refractivity (Wildman–Crippen MR) is 107 cm³/mol. The van der Waals surface area contributed by atoms with Crippen LogP contribution in [0.1, 0.15) is 44.1 Å². The van der Waals surface area contributed by atoms with Gasteiger partial charge in [0.15, 0.2) is 0 Å². The maximum atomic E-state index is 13.5. The topological polar surface area (TPSA) is 67.2 Å². The van der Waals surface area contributed by atoms with Crippen LogP contribution in [0.4, 0.5) is 10.1 Å². The van der Waals surface area contributed by atoms with Crippen LogP contribution in [0.3, 0.4) is 0 Å². The first kappa shape index (κ1) is 19.6. The van der Waals surface area contributed by atoms with Crippen molar-refractivity contribution in [1.29, 1.82) is 0 Å². The van der Waals surface area contributed by atoms with Crippen molar-refractivity contribution in [2.45, 2.75) is 50.2 Å². The van der Waals surface area contributed by atoms with E-state index in [1.807, 2.05) is 37.3 Å². The fourth-order valence-corrected chi connectivity index (χ4v) is 3.84. The average Bonchev–Trinajstić information content (AvgIpc) is 2.64. The van der Waals surface area contributed by atoms with Crippen LogP contribution in [-0.2, 0) is 4.79 Å². The number of rotatable bonds is 5. The van der Waals surface area contributed by atoms with Gasteiger partial charge in [-0.1, -0.05) is 41.9 Å². The molecule has 0 radical (unpaired) electrons. The number of anilines is 1. The van der Waals surface area contributed by atoms with Crippen molar-refractivity contribution in [3.8, 4) is 0 Å². The Morgan fingerprint density at radius 2 is 2.04 bits per heavy atom. The number of halogens is 2. The van der Waals surface area contributed by atoms with Crippen molar-refractivity contribution in [3.05, 3.63) is 64.9 Å². The fourth-order valence-electron chi connectivity index (χ4n) is 3.66. The molecule has 3 unspecified atom stereocenters. The molecule has 1 fully saturated rings. The normalized spacial score (nSPS) is 23.5. The molecule has 4 nitrogen and oxygen atoms in total. The van der Waals surface area contributed by atoms with Crippen molar-refractivity contribution in [2.24, 2.45) is 5.73 Å². The van der Waals surface area contributed by atoms with E-state index >= 15 is 0 Å². The van der Waals surface area contributed by atoms with Crippen LogP contribution in [0, 0.1) is 5.82 Å². The number of amides is 1. The molecule has 0 spiro atoms. The maximum absolute atomic E-state index is 13.5. The number of nitrogens with two attached hydrogens (primary N) is 1. The summed E-state index contributed by atoms with van der Waals surface area (Å²) in [5.41, 5.74) is 7.13. The number of nitrogens with one attached hydrogen (secondary N) is 2. The molecule has 0 saturated heterocycles. The molecule has 1 amide bonds. The first-order valence-corrected chi connectivity index (χ1v) is 9.62. The largest absolute Gasteiger partial charge is 0.363 e. The molecule has 2 aromatic carbocycles. The summed E-state index contributed by atoms with van der Waals surface area (Å²) in [4.78, 5) is 13.0. The Hall–Kier alpha value is -2.11. The van der Waals surface area contributed by atoms with E-state index in [-0.39, 0.29) is 22.9 Å². The van der Waals surface area contributed by atoms with Crippen molar-refractivity contribution in [1.82, 2.24) is 5.32 Å². The van der Waals surface area contributed by atoms with Gasteiger partial charge < -0.3 is 16.4 Å². The second-order valence-corrected chi connectivity index (χ2v) is 7.72. The van der Waals surface area contributed by atoms with Crippen molar-refractivity contribution < 1.29 is 9.18 Å². The number of hydrogen-bond donors (Lipinski definition) is 3. The van der Waals surface area contributed by atoms with Crippen LogP contribution in [0.15, 0.2) is 48.5 Å². The van der Waals surface area contributed by atoms with E-state index in [0.717, 1.165) is 24.8 Å². The zero-order chi connectivity index (χ0) is 19.4. The van der Waals surface area contributed by atoms with Gasteiger partial charge in [0.05, 0.1) is 10.9 Å². The van der Waals surface area contributed by atoms with Gasteiger partial charge in [-0.15, -0.1) is 0 Å². The lowest BCUT2D eigenvalue weighted by molar-refractivity contribution is -0.124. The molecule has 6 heteroatoms. The van der Waals surface area contributed by atoms with E-state index in [1.165, 1.54) is 12.1 Å². The number of carbonyl (C=O) groups excluding carboxylic acids is 1. The summed E-state index contributed by atoms with van der Waals surface area (Å²) >= 11 is 5.91. The van der Waals surface area contributed by atoms with Gasteiger partial charge in [-0.3, -0.25) is 4.79 Å². The lowest BCUT2D eigenvalue weighted by Crippen LogP contribution is -2.59. The fraction of sp³-hybridized carbons (Fsp3) is 0.381. The highest BCUT2D eigenvalue weighted by atomic mass is 35.5. The summed E-state index contributed by atoms with van der Waals surface area (Å²) in [5.74, 6) is -0.839. The Morgan fingerprint density at radius 3 is 2.70 bits per heavy atom. The molecule has 0 heterocycles. The molecule has 144 valence electrons. The molecular weight excluding hydrogens is 365 g/mol. The molecular formula is C21H25ClFN3O. The molecule has 4 N–H and O–H groups in total. The van der Waals surface area contributed by atoms with Gasteiger partial charge in [0.1, 0.15) is 11.5 Å². The first-order chi connectivity index (χ1) is 12.9. The number of benzene rings is 2. The minimum Gasteiger partial charge on any atom is -0.363 e. The monoisotopic (exact) mass is 389 g/mol. The second kappa shape index (κ2) is 8.28. The van der Waals surface area contributed by atoms with Gasteiger partial charge in [0.2, 0.25) is 5.91 Å². The van der Waals surface area contributed by atoms with Crippen LogP contribution in [0.25, 0.3) is 0 Å². The smallest absolute Gasteiger partial charge is 0.229 e. The third-order valence-electron chi connectivity index (χ3n) is 5.15. The maximum Gasteiger partial charge on any atom is 0.229 e. The Balaban J connectivity index is 1.82. The molecule has 0 aromatic heterocycles. The number of hydrogen-bond acceptors (Lipinski definition) is 3. The standard InChI is InChI=1S/C21H25ClFN3O/c1-14(15-6-3-2-4-7-15)20(27)26-21(11-5-8-16(24)13-21)25-17-9-10-19(23)18(22)12-17/h2-4,6-7,9-10,12,14,16,25H,5,8,11,13,24H2,1H3,(H,26,27). The zero-order valence-electron chi connectivity index (χ0n) is 15.3. The average molecular weight is 390 g/mol. The summed E-state index contributed by atoms with van der Waals surface area (Å²) in [7, 11) is 0. The Kier molecular flexibility index (Phi) is 6.02. The predicted octanol–water partition coefficient (Wildman–Crippen LogP) is 4.41. The Bertz CT molecular complexity index is 801. The minimum atomic E-state index is -0.682. The molecule has 3 atom stereocenters. The summed E-state index contributed by atoms with van der Waals surface area (Å²) in [6.45, 7) is 1.88. The molecule has 0 aliphatic heterocycles. The van der Waals surface area contributed by atoms with E-state index in [1.54, 1.807) is 6.07 Å².